The molecule has 1 fully saturated rings. The smallest absolute Gasteiger partial charge is 0.272 e. The standard InChI is InChI=1S/C17H23N5O2/c1-3-5-13-8-15(21(2)20-13)17(24)22-7-4-6-12(10-22)14-9-16(23)19-11-18-14/h8-9,11-12H,3-7,10H2,1-2H3,(H,18,19,23). The lowest BCUT2D eigenvalue weighted by Gasteiger charge is -2.32. The number of carbonyl (C=O) groups is 1. The number of aromatic amines is 1. The molecule has 128 valence electrons. The Bertz CT molecular complexity index is 779. The maximum Gasteiger partial charge on any atom is 0.272 e. The number of nitrogens with one attached hydrogen (secondary N) is 1. The van der Waals surface area contributed by atoms with Gasteiger partial charge in [-0.15, -0.1) is 0 Å². The summed E-state index contributed by atoms with van der Waals surface area (Å²) in [5.41, 5.74) is 2.18. The molecule has 1 atom stereocenters. The van der Waals surface area contributed by atoms with Gasteiger partial charge in [-0.25, -0.2) is 4.98 Å². The van der Waals surface area contributed by atoms with Crippen LogP contribution >= 0.6 is 0 Å². The molecule has 3 heterocycles. The number of rotatable bonds is 4. The van der Waals surface area contributed by atoms with Crippen molar-refractivity contribution in [3.8, 4) is 0 Å². The molecule has 1 unspecified atom stereocenters. The number of nitrogens with zero attached hydrogens (tertiary/aromatic N) is 4. The molecule has 3 rings (SSSR count). The summed E-state index contributed by atoms with van der Waals surface area (Å²) in [5.74, 6) is 0.107. The van der Waals surface area contributed by atoms with E-state index in [1.807, 2.05) is 18.0 Å². The summed E-state index contributed by atoms with van der Waals surface area (Å²) in [7, 11) is 1.81. The second-order valence-electron chi connectivity index (χ2n) is 6.32. The maximum absolute atomic E-state index is 12.9. The zero-order valence-electron chi connectivity index (χ0n) is 14.2. The molecule has 1 aliphatic rings. The summed E-state index contributed by atoms with van der Waals surface area (Å²) in [6.07, 6.45) is 5.15. The fourth-order valence-electron chi connectivity index (χ4n) is 3.28. The van der Waals surface area contributed by atoms with E-state index in [4.69, 9.17) is 0 Å². The van der Waals surface area contributed by atoms with Crippen LogP contribution in [0.25, 0.3) is 0 Å². The van der Waals surface area contributed by atoms with E-state index >= 15 is 0 Å². The van der Waals surface area contributed by atoms with Gasteiger partial charge in [0.2, 0.25) is 0 Å². The monoisotopic (exact) mass is 329 g/mol. The predicted molar refractivity (Wildman–Crippen MR) is 89.9 cm³/mol. The highest BCUT2D eigenvalue weighted by Crippen LogP contribution is 2.25. The molecule has 7 nitrogen and oxygen atoms in total. The summed E-state index contributed by atoms with van der Waals surface area (Å²) < 4.78 is 1.67. The van der Waals surface area contributed by atoms with Crippen LogP contribution in [0.5, 0.6) is 0 Å². The molecule has 1 saturated heterocycles. The van der Waals surface area contributed by atoms with E-state index in [-0.39, 0.29) is 17.4 Å². The SMILES string of the molecule is CCCc1cc(C(=O)N2CCCC(c3cc(=O)[nH]cn3)C2)n(C)n1. The molecule has 0 saturated carbocycles. The summed E-state index contributed by atoms with van der Waals surface area (Å²) in [4.78, 5) is 33.0. The number of piperidine rings is 1. The second-order valence-corrected chi connectivity index (χ2v) is 6.32. The fourth-order valence-corrected chi connectivity index (χ4v) is 3.28. The molecule has 24 heavy (non-hydrogen) atoms. The van der Waals surface area contributed by atoms with Crippen molar-refractivity contribution in [2.75, 3.05) is 13.1 Å². The predicted octanol–water partition coefficient (Wildman–Crippen LogP) is 1.48. The molecule has 0 bridgehead atoms. The van der Waals surface area contributed by atoms with Crippen LogP contribution in [0.4, 0.5) is 0 Å². The molecule has 1 N–H and O–H groups in total. The Balaban J connectivity index is 1.77. The van der Waals surface area contributed by atoms with Crippen molar-refractivity contribution >= 4 is 5.91 Å². The Labute approximate surface area is 140 Å². The molecule has 2 aromatic heterocycles. The van der Waals surface area contributed by atoms with Crippen LogP contribution in [0.3, 0.4) is 0 Å². The average Bonchev–Trinajstić information content (AvgIpc) is 2.95. The van der Waals surface area contributed by atoms with Crippen LogP contribution in [0.1, 0.15) is 54.0 Å². The molecule has 2 aromatic rings. The molecule has 0 aromatic carbocycles. The van der Waals surface area contributed by atoms with E-state index in [1.54, 1.807) is 4.68 Å². The van der Waals surface area contributed by atoms with E-state index in [1.165, 1.54) is 12.4 Å². The Morgan fingerprint density at radius 3 is 3.00 bits per heavy atom. The normalized spacial score (nSPS) is 17.9. The third kappa shape index (κ3) is 3.39. The highest BCUT2D eigenvalue weighted by Gasteiger charge is 2.28. The van der Waals surface area contributed by atoms with Gasteiger partial charge in [0.05, 0.1) is 17.7 Å². The molecule has 7 heteroatoms. The first-order valence-electron chi connectivity index (χ1n) is 8.45. The summed E-state index contributed by atoms with van der Waals surface area (Å²) >= 11 is 0. The highest BCUT2D eigenvalue weighted by molar-refractivity contribution is 5.92. The average molecular weight is 329 g/mol. The van der Waals surface area contributed by atoms with Crippen molar-refractivity contribution in [3.05, 3.63) is 45.9 Å². The quantitative estimate of drug-likeness (QED) is 0.921. The zero-order valence-corrected chi connectivity index (χ0v) is 14.2. The van der Waals surface area contributed by atoms with E-state index in [0.717, 1.165) is 43.6 Å². The van der Waals surface area contributed by atoms with Crippen molar-refractivity contribution in [3.63, 3.8) is 0 Å². The number of hydrogen-bond acceptors (Lipinski definition) is 4. The van der Waals surface area contributed by atoms with Crippen LogP contribution in [0.2, 0.25) is 0 Å². The Hall–Kier alpha value is -2.44. The van der Waals surface area contributed by atoms with Gasteiger partial charge in [0.1, 0.15) is 5.69 Å². The third-order valence-electron chi connectivity index (χ3n) is 4.48. The highest BCUT2D eigenvalue weighted by atomic mass is 16.2. The number of likely N-dealkylation sites (tertiary alicyclic amines) is 1. The van der Waals surface area contributed by atoms with Gasteiger partial charge in [0.25, 0.3) is 11.5 Å². The number of aromatic nitrogens is 4. The molecule has 0 aliphatic carbocycles. The molecule has 0 radical (unpaired) electrons. The molecule has 1 amide bonds. The van der Waals surface area contributed by atoms with Gasteiger partial charge >= 0.3 is 0 Å². The van der Waals surface area contributed by atoms with Crippen LogP contribution in [0.15, 0.2) is 23.3 Å². The minimum absolute atomic E-state index is 0.00175. The number of hydrogen-bond donors (Lipinski definition) is 1. The minimum atomic E-state index is -0.153. The summed E-state index contributed by atoms with van der Waals surface area (Å²) in [6.45, 7) is 3.41. The van der Waals surface area contributed by atoms with Crippen LogP contribution in [-0.2, 0) is 13.5 Å². The van der Waals surface area contributed by atoms with Gasteiger partial charge in [-0.2, -0.15) is 5.10 Å². The molecule has 1 aliphatic heterocycles. The lowest BCUT2D eigenvalue weighted by atomic mass is 9.94. The third-order valence-corrected chi connectivity index (χ3v) is 4.48. The van der Waals surface area contributed by atoms with Gasteiger partial charge in [-0.1, -0.05) is 13.3 Å². The van der Waals surface area contributed by atoms with Crippen molar-refractivity contribution in [1.29, 1.82) is 0 Å². The van der Waals surface area contributed by atoms with Crippen molar-refractivity contribution in [2.45, 2.75) is 38.5 Å². The molecular formula is C17H23N5O2. The largest absolute Gasteiger partial charge is 0.337 e. The first-order valence-corrected chi connectivity index (χ1v) is 8.45. The van der Waals surface area contributed by atoms with Crippen molar-refractivity contribution < 1.29 is 4.79 Å². The van der Waals surface area contributed by atoms with Crippen molar-refractivity contribution in [2.24, 2.45) is 7.05 Å². The number of H-pyrrole nitrogens is 1. The van der Waals surface area contributed by atoms with Crippen LogP contribution in [0, 0.1) is 0 Å². The van der Waals surface area contributed by atoms with E-state index in [0.29, 0.717) is 12.2 Å². The van der Waals surface area contributed by atoms with Crippen molar-refractivity contribution in [1.82, 2.24) is 24.6 Å². The minimum Gasteiger partial charge on any atom is -0.337 e. The van der Waals surface area contributed by atoms with E-state index in [2.05, 4.69) is 22.0 Å². The van der Waals surface area contributed by atoms with Crippen LogP contribution < -0.4 is 5.56 Å². The van der Waals surface area contributed by atoms with Crippen LogP contribution in [-0.4, -0.2) is 43.6 Å². The zero-order chi connectivity index (χ0) is 17.1. The first kappa shape index (κ1) is 16.4. The van der Waals surface area contributed by atoms with E-state index in [9.17, 15) is 9.59 Å². The summed E-state index contributed by atoms with van der Waals surface area (Å²) in [6, 6.07) is 3.42. The van der Waals surface area contributed by atoms with Gasteiger partial charge in [0.15, 0.2) is 0 Å². The Morgan fingerprint density at radius 1 is 1.42 bits per heavy atom. The lowest BCUT2D eigenvalue weighted by Crippen LogP contribution is -2.40. The molecule has 0 spiro atoms. The fraction of sp³-hybridized carbons (Fsp3) is 0.529. The van der Waals surface area contributed by atoms with Gasteiger partial charge in [0, 0.05) is 32.1 Å². The van der Waals surface area contributed by atoms with Gasteiger partial charge < -0.3 is 9.88 Å². The lowest BCUT2D eigenvalue weighted by molar-refractivity contribution is 0.0694. The van der Waals surface area contributed by atoms with Gasteiger partial charge in [-0.3, -0.25) is 14.3 Å². The Morgan fingerprint density at radius 2 is 2.25 bits per heavy atom. The topological polar surface area (TPSA) is 83.9 Å². The molecular weight excluding hydrogens is 306 g/mol. The van der Waals surface area contributed by atoms with E-state index < -0.39 is 0 Å². The maximum atomic E-state index is 12.9. The number of amides is 1. The number of carbonyl (C=O) groups excluding carboxylic acids is 1. The Kier molecular flexibility index (Phi) is 4.78. The second kappa shape index (κ2) is 6.98. The first-order chi connectivity index (χ1) is 11.6. The number of aryl methyl sites for hydroxylation is 2. The van der Waals surface area contributed by atoms with Gasteiger partial charge in [-0.05, 0) is 25.3 Å². The summed E-state index contributed by atoms with van der Waals surface area (Å²) in [5, 5.41) is 4.42.